The number of unbranched alkanes of at least 4 members (excludes halogenated alkanes) is 1. The lowest BCUT2D eigenvalue weighted by molar-refractivity contribution is -0.107. The van der Waals surface area contributed by atoms with E-state index >= 15 is 0 Å². The minimum Gasteiger partial charge on any atom is -0.487 e. The molecule has 0 fully saturated rings. The van der Waals surface area contributed by atoms with Crippen molar-refractivity contribution in [3.63, 3.8) is 0 Å². The molecule has 0 spiro atoms. The van der Waals surface area contributed by atoms with Crippen molar-refractivity contribution in [1.82, 2.24) is 4.90 Å². The molecule has 0 rings (SSSR count). The molecule has 102 valence electrons. The quantitative estimate of drug-likeness (QED) is 0.245. The number of aldehydes is 1. The maximum atomic E-state index is 10.7. The third kappa shape index (κ3) is 8.74. The van der Waals surface area contributed by atoms with Crippen LogP contribution >= 0.6 is 0 Å². The highest BCUT2D eigenvalue weighted by Crippen LogP contribution is 1.99. The normalized spacial score (nSPS) is 11.2. The molecule has 4 nitrogen and oxygen atoms in total. The molecule has 0 aromatic carbocycles. The summed E-state index contributed by atoms with van der Waals surface area (Å²) in [5.41, 5.74) is 0. The zero-order valence-corrected chi connectivity index (χ0v) is 11.5. The molecular weight excluding hydrogens is 228 g/mol. The second kappa shape index (κ2) is 12.1. The molecule has 0 saturated carbocycles. The SMILES string of the molecule is C=C=N/C=C(\C=O)OCCN(CCC)CCCC. The van der Waals surface area contributed by atoms with E-state index in [9.17, 15) is 4.79 Å². The van der Waals surface area contributed by atoms with Gasteiger partial charge in [-0.25, -0.2) is 4.99 Å². The van der Waals surface area contributed by atoms with Crippen LogP contribution in [-0.4, -0.2) is 43.3 Å². The summed E-state index contributed by atoms with van der Waals surface area (Å²) < 4.78 is 5.34. The van der Waals surface area contributed by atoms with Crippen LogP contribution in [-0.2, 0) is 9.53 Å². The monoisotopic (exact) mass is 252 g/mol. The van der Waals surface area contributed by atoms with Gasteiger partial charge in [0, 0.05) is 6.54 Å². The number of nitrogens with zero attached hydrogens (tertiary/aromatic N) is 2. The lowest BCUT2D eigenvalue weighted by Gasteiger charge is -2.21. The van der Waals surface area contributed by atoms with Crippen LogP contribution in [0.15, 0.2) is 23.5 Å². The van der Waals surface area contributed by atoms with Gasteiger partial charge in [0.1, 0.15) is 6.61 Å². The molecule has 0 bridgehead atoms. The highest BCUT2D eigenvalue weighted by molar-refractivity contribution is 5.70. The molecule has 0 aliphatic heterocycles. The lowest BCUT2D eigenvalue weighted by atomic mass is 10.3. The van der Waals surface area contributed by atoms with Crippen molar-refractivity contribution in [2.75, 3.05) is 26.2 Å². The molecule has 4 heteroatoms. The zero-order chi connectivity index (χ0) is 13.6. The fourth-order valence-corrected chi connectivity index (χ4v) is 1.54. The van der Waals surface area contributed by atoms with E-state index in [1.54, 1.807) is 0 Å². The van der Waals surface area contributed by atoms with Gasteiger partial charge in [0.2, 0.25) is 0 Å². The van der Waals surface area contributed by atoms with Crippen molar-refractivity contribution in [2.24, 2.45) is 4.99 Å². The van der Waals surface area contributed by atoms with Crippen molar-refractivity contribution >= 4 is 12.2 Å². The van der Waals surface area contributed by atoms with E-state index < -0.39 is 0 Å². The molecule has 0 atom stereocenters. The first kappa shape index (κ1) is 16.6. The van der Waals surface area contributed by atoms with Crippen LogP contribution in [0, 0.1) is 0 Å². The molecule has 0 N–H and O–H groups in total. The first-order valence-electron chi connectivity index (χ1n) is 6.50. The lowest BCUT2D eigenvalue weighted by Crippen LogP contribution is -2.29. The molecular formula is C14H24N2O2. The number of carbonyl (C=O) groups excluding carboxylic acids is 1. The first-order chi connectivity index (χ1) is 8.78. The highest BCUT2D eigenvalue weighted by Gasteiger charge is 2.04. The molecule has 0 aromatic heterocycles. The van der Waals surface area contributed by atoms with Crippen LogP contribution in [0.25, 0.3) is 0 Å². The summed E-state index contributed by atoms with van der Waals surface area (Å²) in [6.45, 7) is 11.1. The second-order valence-electron chi connectivity index (χ2n) is 3.98. The van der Waals surface area contributed by atoms with E-state index in [2.05, 4.69) is 36.2 Å². The van der Waals surface area contributed by atoms with Crippen LogP contribution in [0.5, 0.6) is 0 Å². The molecule has 18 heavy (non-hydrogen) atoms. The fraction of sp³-hybridized carbons (Fsp3) is 0.643. The standard InChI is InChI=1S/C14H24N2O2/c1-4-7-9-16(8-5-2)10-11-18-14(13-17)12-15-6-3/h12-13H,3-5,7-11H2,1-2H3/b14-12+. The van der Waals surface area contributed by atoms with Crippen molar-refractivity contribution in [2.45, 2.75) is 33.1 Å². The summed E-state index contributed by atoms with van der Waals surface area (Å²) in [7, 11) is 0. The van der Waals surface area contributed by atoms with Gasteiger partial charge in [-0.05, 0) is 38.4 Å². The molecule has 0 amide bonds. The summed E-state index contributed by atoms with van der Waals surface area (Å²) in [4.78, 5) is 16.7. The zero-order valence-electron chi connectivity index (χ0n) is 11.5. The Labute approximate surface area is 110 Å². The Morgan fingerprint density at radius 1 is 1.33 bits per heavy atom. The maximum Gasteiger partial charge on any atom is 0.186 e. The predicted molar refractivity (Wildman–Crippen MR) is 74.8 cm³/mol. The Morgan fingerprint density at radius 2 is 2.11 bits per heavy atom. The average Bonchev–Trinajstić information content (AvgIpc) is 2.39. The van der Waals surface area contributed by atoms with Crippen LogP contribution < -0.4 is 0 Å². The minimum absolute atomic E-state index is 0.220. The number of hydrogen-bond acceptors (Lipinski definition) is 4. The van der Waals surface area contributed by atoms with Crippen molar-refractivity contribution in [3.05, 3.63) is 18.5 Å². The van der Waals surface area contributed by atoms with E-state index in [0.29, 0.717) is 12.9 Å². The number of ether oxygens (including phenoxy) is 1. The topological polar surface area (TPSA) is 41.9 Å². The summed E-state index contributed by atoms with van der Waals surface area (Å²) in [6.07, 6.45) is 5.49. The summed E-state index contributed by atoms with van der Waals surface area (Å²) >= 11 is 0. The van der Waals surface area contributed by atoms with Gasteiger partial charge in [-0.2, -0.15) is 0 Å². The Kier molecular flexibility index (Phi) is 11.2. The van der Waals surface area contributed by atoms with Gasteiger partial charge < -0.3 is 4.74 Å². The summed E-state index contributed by atoms with van der Waals surface area (Å²) in [6, 6.07) is 0. The second-order valence-corrected chi connectivity index (χ2v) is 3.98. The van der Waals surface area contributed by atoms with E-state index in [1.807, 2.05) is 0 Å². The van der Waals surface area contributed by atoms with Crippen LogP contribution in [0.4, 0.5) is 0 Å². The fourth-order valence-electron chi connectivity index (χ4n) is 1.54. The average molecular weight is 252 g/mol. The smallest absolute Gasteiger partial charge is 0.186 e. The first-order valence-corrected chi connectivity index (χ1v) is 6.50. The molecule has 0 unspecified atom stereocenters. The Balaban J connectivity index is 4.02. The van der Waals surface area contributed by atoms with Crippen LogP contribution in [0.1, 0.15) is 33.1 Å². The molecule has 0 saturated heterocycles. The third-order valence-electron chi connectivity index (χ3n) is 2.44. The van der Waals surface area contributed by atoms with Gasteiger partial charge in [-0.1, -0.05) is 20.3 Å². The number of rotatable bonds is 11. The van der Waals surface area contributed by atoms with Crippen LogP contribution in [0.3, 0.4) is 0 Å². The molecule has 0 aromatic rings. The van der Waals surface area contributed by atoms with E-state index in [-0.39, 0.29) is 5.76 Å². The van der Waals surface area contributed by atoms with Gasteiger partial charge in [0.15, 0.2) is 12.0 Å². The van der Waals surface area contributed by atoms with Crippen LogP contribution in [0.2, 0.25) is 0 Å². The number of hydrogen-bond donors (Lipinski definition) is 0. The number of allylic oxidation sites excluding steroid dienone is 1. The van der Waals surface area contributed by atoms with Crippen molar-refractivity contribution < 1.29 is 9.53 Å². The van der Waals surface area contributed by atoms with Crippen molar-refractivity contribution in [1.29, 1.82) is 0 Å². The predicted octanol–water partition coefficient (Wildman–Crippen LogP) is 2.41. The van der Waals surface area contributed by atoms with E-state index in [1.165, 1.54) is 19.0 Å². The third-order valence-corrected chi connectivity index (χ3v) is 2.44. The van der Waals surface area contributed by atoms with Crippen molar-refractivity contribution in [3.8, 4) is 0 Å². The summed E-state index contributed by atoms with van der Waals surface area (Å²) in [5.74, 6) is 2.55. The van der Waals surface area contributed by atoms with Gasteiger partial charge >= 0.3 is 0 Å². The maximum absolute atomic E-state index is 10.7. The number of aliphatic imine (C=N–C) groups is 1. The number of carbonyl (C=O) groups is 1. The van der Waals surface area contributed by atoms with Gasteiger partial charge in [-0.3, -0.25) is 9.69 Å². The molecule has 0 radical (unpaired) electrons. The van der Waals surface area contributed by atoms with E-state index in [4.69, 9.17) is 4.74 Å². The highest BCUT2D eigenvalue weighted by atomic mass is 16.5. The van der Waals surface area contributed by atoms with Gasteiger partial charge in [-0.15, -0.1) is 0 Å². The molecule has 0 heterocycles. The summed E-state index contributed by atoms with van der Waals surface area (Å²) in [5, 5.41) is 0. The molecule has 0 aliphatic carbocycles. The molecule has 0 aliphatic rings. The van der Waals surface area contributed by atoms with E-state index in [0.717, 1.165) is 26.1 Å². The van der Waals surface area contributed by atoms with Gasteiger partial charge in [0.25, 0.3) is 0 Å². The van der Waals surface area contributed by atoms with Gasteiger partial charge in [0.05, 0.1) is 6.20 Å². The minimum atomic E-state index is 0.220. The Morgan fingerprint density at radius 3 is 2.67 bits per heavy atom. The Bertz CT molecular complexity index is 294. The largest absolute Gasteiger partial charge is 0.487 e. The Hall–Kier alpha value is -1.38.